The molecule has 1 aliphatic heterocycles. The Hall–Kier alpha value is -4.91. The van der Waals surface area contributed by atoms with Crippen molar-refractivity contribution in [3.8, 4) is 17.0 Å². The molecule has 1 aliphatic rings. The molecule has 2 aromatic carbocycles. The molecule has 4 aromatic rings. The van der Waals surface area contributed by atoms with Gasteiger partial charge in [-0.3, -0.25) is 14.0 Å². The fourth-order valence-electron chi connectivity index (χ4n) is 4.99. The van der Waals surface area contributed by atoms with Gasteiger partial charge in [-0.1, -0.05) is 11.6 Å². The largest absolute Gasteiger partial charge is 0.494 e. The second-order valence-corrected chi connectivity index (χ2v) is 12.2. The van der Waals surface area contributed by atoms with Crippen molar-refractivity contribution in [1.82, 2.24) is 29.1 Å². The van der Waals surface area contributed by atoms with Crippen molar-refractivity contribution in [2.45, 2.75) is 26.4 Å². The summed E-state index contributed by atoms with van der Waals surface area (Å²) in [5.74, 6) is -0.364. The van der Waals surface area contributed by atoms with E-state index in [0.29, 0.717) is 60.2 Å². The number of halogens is 2. The molecule has 0 bridgehead atoms. The van der Waals surface area contributed by atoms with Crippen LogP contribution in [0, 0.1) is 5.82 Å². The average molecular weight is 652 g/mol. The third-order valence-corrected chi connectivity index (χ3v) is 7.65. The second kappa shape index (κ2) is 13.2. The molecule has 1 N–H and O–H groups in total. The molecular weight excluding hydrogens is 617 g/mol. The van der Waals surface area contributed by atoms with Crippen molar-refractivity contribution in [3.63, 3.8) is 0 Å². The fourth-order valence-corrected chi connectivity index (χ4v) is 5.25. The Kier molecular flexibility index (Phi) is 9.33. The van der Waals surface area contributed by atoms with Gasteiger partial charge in [-0.2, -0.15) is 0 Å². The van der Waals surface area contributed by atoms with Gasteiger partial charge in [0.05, 0.1) is 29.6 Å². The lowest BCUT2D eigenvalue weighted by Crippen LogP contribution is -2.53. The number of methoxy groups -OCH3 is 1. The van der Waals surface area contributed by atoms with Gasteiger partial charge in [0.2, 0.25) is 5.91 Å². The van der Waals surface area contributed by atoms with Crippen molar-refractivity contribution in [1.29, 1.82) is 0 Å². The Morgan fingerprint density at radius 2 is 1.76 bits per heavy atom. The minimum Gasteiger partial charge on any atom is -0.494 e. The Morgan fingerprint density at radius 1 is 1.04 bits per heavy atom. The van der Waals surface area contributed by atoms with Crippen LogP contribution in [0.5, 0.6) is 5.75 Å². The molecule has 0 atom stereocenters. The molecule has 5 rings (SSSR count). The number of imidazole rings is 1. The maximum atomic E-state index is 14.4. The van der Waals surface area contributed by atoms with E-state index in [1.807, 2.05) is 0 Å². The molecule has 12 nitrogen and oxygen atoms in total. The van der Waals surface area contributed by atoms with Crippen LogP contribution in [0.4, 0.5) is 20.7 Å². The van der Waals surface area contributed by atoms with Gasteiger partial charge in [0.15, 0.2) is 23.0 Å². The number of amides is 3. The van der Waals surface area contributed by atoms with Gasteiger partial charge in [0.25, 0.3) is 5.91 Å². The molecule has 0 saturated carbocycles. The summed E-state index contributed by atoms with van der Waals surface area (Å²) in [5.41, 5.74) is 2.05. The van der Waals surface area contributed by atoms with Gasteiger partial charge in [0.1, 0.15) is 12.1 Å². The highest BCUT2D eigenvalue weighted by atomic mass is 35.5. The number of rotatable bonds is 7. The number of fused-ring (bicyclic) bond motifs is 1. The van der Waals surface area contributed by atoms with Crippen LogP contribution in [0.25, 0.3) is 16.9 Å². The Labute approximate surface area is 270 Å². The zero-order valence-corrected chi connectivity index (χ0v) is 27.0. The van der Waals surface area contributed by atoms with Gasteiger partial charge in [-0.05, 0) is 57.2 Å². The first-order chi connectivity index (χ1) is 21.8. The number of nitrogens with zero attached hydrogens (tertiary/aromatic N) is 6. The van der Waals surface area contributed by atoms with E-state index >= 15 is 0 Å². The number of nitrogens with one attached hydrogen (secondary N) is 1. The van der Waals surface area contributed by atoms with Gasteiger partial charge in [0, 0.05) is 56.9 Å². The second-order valence-electron chi connectivity index (χ2n) is 11.8. The maximum Gasteiger partial charge on any atom is 0.410 e. The summed E-state index contributed by atoms with van der Waals surface area (Å²) in [7, 11) is 2.92. The number of anilines is 2. The van der Waals surface area contributed by atoms with Crippen LogP contribution in [0.15, 0.2) is 55.0 Å². The molecule has 14 heteroatoms. The first-order valence-corrected chi connectivity index (χ1v) is 15.0. The molecule has 2 aromatic heterocycles. The molecular formula is C32H35ClFN7O5. The van der Waals surface area contributed by atoms with Crippen molar-refractivity contribution >= 4 is 46.7 Å². The summed E-state index contributed by atoms with van der Waals surface area (Å²) in [6.45, 7) is 6.46. The number of aromatic nitrogens is 3. The monoisotopic (exact) mass is 651 g/mol. The van der Waals surface area contributed by atoms with Crippen LogP contribution in [-0.2, 0) is 9.53 Å². The molecule has 1 saturated heterocycles. The fraction of sp³-hybridized carbons (Fsp3) is 0.344. The van der Waals surface area contributed by atoms with E-state index in [1.165, 1.54) is 25.1 Å². The Morgan fingerprint density at radius 3 is 2.41 bits per heavy atom. The van der Waals surface area contributed by atoms with Crippen LogP contribution in [0.1, 0.15) is 31.1 Å². The molecule has 0 unspecified atom stereocenters. The highest BCUT2D eigenvalue weighted by Crippen LogP contribution is 2.30. The number of benzene rings is 2. The van der Waals surface area contributed by atoms with Gasteiger partial charge in [-0.15, -0.1) is 0 Å². The van der Waals surface area contributed by atoms with E-state index in [9.17, 15) is 18.8 Å². The number of piperazine rings is 1. The highest BCUT2D eigenvalue weighted by molar-refractivity contribution is 6.34. The summed E-state index contributed by atoms with van der Waals surface area (Å²) in [5, 5.41) is 3.45. The zero-order chi connectivity index (χ0) is 33.2. The zero-order valence-electron chi connectivity index (χ0n) is 26.2. The van der Waals surface area contributed by atoms with Crippen molar-refractivity contribution in [2.75, 3.05) is 52.2 Å². The minimum absolute atomic E-state index is 0.119. The van der Waals surface area contributed by atoms with Gasteiger partial charge in [-0.25, -0.2) is 19.2 Å². The predicted molar refractivity (Wildman–Crippen MR) is 171 cm³/mol. The highest BCUT2D eigenvalue weighted by Gasteiger charge is 2.28. The SMILES string of the molecule is COc1ccc(-c2cnc3c(Nc4ccc(C(=O)N5CCN(C(=O)CN(C)C(=O)OC(C)(C)C)CC5)c(Cl)c4)nccn23)cc1F. The minimum atomic E-state index is -0.661. The van der Waals surface area contributed by atoms with E-state index in [2.05, 4.69) is 15.3 Å². The molecule has 1 fully saturated rings. The lowest BCUT2D eigenvalue weighted by molar-refractivity contribution is -0.133. The van der Waals surface area contributed by atoms with Crippen molar-refractivity contribution in [3.05, 3.63) is 71.4 Å². The Balaban J connectivity index is 1.21. The smallest absolute Gasteiger partial charge is 0.410 e. The maximum absolute atomic E-state index is 14.4. The van der Waals surface area contributed by atoms with Crippen molar-refractivity contribution in [2.24, 2.45) is 0 Å². The number of carbonyl (C=O) groups is 3. The lowest BCUT2D eigenvalue weighted by Gasteiger charge is -2.35. The normalized spacial score (nSPS) is 13.5. The van der Waals surface area contributed by atoms with E-state index in [4.69, 9.17) is 21.1 Å². The summed E-state index contributed by atoms with van der Waals surface area (Å²) >= 11 is 6.58. The number of hydrogen-bond donors (Lipinski definition) is 1. The Bertz CT molecular complexity index is 1780. The quantitative estimate of drug-likeness (QED) is 0.293. The van der Waals surface area contributed by atoms with Gasteiger partial charge >= 0.3 is 6.09 Å². The van der Waals surface area contributed by atoms with E-state index in [1.54, 1.807) is 83.9 Å². The topological polar surface area (TPSA) is 122 Å². The molecule has 0 spiro atoms. The molecule has 46 heavy (non-hydrogen) atoms. The third-order valence-electron chi connectivity index (χ3n) is 7.34. The van der Waals surface area contributed by atoms with E-state index in [-0.39, 0.29) is 29.1 Å². The van der Waals surface area contributed by atoms with Crippen LogP contribution in [0.2, 0.25) is 5.02 Å². The number of likely N-dealkylation sites (N-methyl/N-ethyl adjacent to an activating group) is 1. The van der Waals surface area contributed by atoms with Gasteiger partial charge < -0.3 is 29.5 Å². The third kappa shape index (κ3) is 7.15. The molecule has 0 aliphatic carbocycles. The van der Waals surface area contributed by atoms with Crippen LogP contribution in [0.3, 0.4) is 0 Å². The molecule has 3 amide bonds. The predicted octanol–water partition coefficient (Wildman–Crippen LogP) is 5.09. The van der Waals surface area contributed by atoms with Crippen LogP contribution >= 0.6 is 11.6 Å². The standard InChI is InChI=1S/C32H35ClFN7O5/c1-32(2,3)46-31(44)38(4)19-27(42)39-12-14-40(15-13-39)30(43)22-8-7-21(17-23(22)33)37-28-29-36-18-25(41(29)11-10-35-28)20-6-9-26(45-5)24(34)16-20/h6-11,16-18H,12-15,19H2,1-5H3,(H,35,37). The number of ether oxygens (including phenoxy) is 2. The summed E-state index contributed by atoms with van der Waals surface area (Å²) in [4.78, 5) is 51.7. The first-order valence-electron chi connectivity index (χ1n) is 14.6. The molecule has 3 heterocycles. The summed E-state index contributed by atoms with van der Waals surface area (Å²) in [6.07, 6.45) is 4.38. The number of carbonyl (C=O) groups excluding carboxylic acids is 3. The van der Waals surface area contributed by atoms with Crippen LogP contribution < -0.4 is 10.1 Å². The van der Waals surface area contributed by atoms with Crippen molar-refractivity contribution < 1.29 is 28.2 Å². The summed E-state index contributed by atoms with van der Waals surface area (Å²) < 4.78 is 26.5. The lowest BCUT2D eigenvalue weighted by atomic mass is 10.1. The molecule has 242 valence electrons. The van der Waals surface area contributed by atoms with Crippen LogP contribution in [-0.4, -0.2) is 99.5 Å². The van der Waals surface area contributed by atoms with E-state index in [0.717, 1.165) is 0 Å². The number of hydrogen-bond acceptors (Lipinski definition) is 8. The average Bonchev–Trinajstić information content (AvgIpc) is 3.45. The molecule has 0 radical (unpaired) electrons. The van der Waals surface area contributed by atoms with E-state index < -0.39 is 17.5 Å². The first kappa shape index (κ1) is 32.5. The summed E-state index contributed by atoms with van der Waals surface area (Å²) in [6, 6.07) is 9.68.